The summed E-state index contributed by atoms with van der Waals surface area (Å²) in [6.07, 6.45) is 18.6. The average Bonchev–Trinajstić information content (AvgIpc) is 3.03. The second-order valence-corrected chi connectivity index (χ2v) is 12.2. The summed E-state index contributed by atoms with van der Waals surface area (Å²) in [5.41, 5.74) is 1.94. The van der Waals surface area contributed by atoms with Gasteiger partial charge in [0.15, 0.2) is 0 Å². The van der Waals surface area contributed by atoms with Gasteiger partial charge in [0, 0.05) is 24.2 Å². The lowest BCUT2D eigenvalue weighted by molar-refractivity contribution is 0.149. The summed E-state index contributed by atoms with van der Waals surface area (Å²) in [5, 5.41) is 66.9. The van der Waals surface area contributed by atoms with Gasteiger partial charge in [0.2, 0.25) is 0 Å². The molecule has 0 heterocycles. The zero-order chi connectivity index (χ0) is 32.0. The summed E-state index contributed by atoms with van der Waals surface area (Å²) in [7, 11) is 0. The van der Waals surface area contributed by atoms with E-state index in [2.05, 4.69) is 17.6 Å². The van der Waals surface area contributed by atoms with Crippen LogP contribution in [0.15, 0.2) is 36.4 Å². The van der Waals surface area contributed by atoms with Crippen molar-refractivity contribution in [3.8, 4) is 11.5 Å². The van der Waals surface area contributed by atoms with Crippen molar-refractivity contribution in [3.05, 3.63) is 58.7 Å². The van der Waals surface area contributed by atoms with Gasteiger partial charge in [-0.25, -0.2) is 0 Å². The minimum Gasteiger partial charge on any atom is -0.508 e. The summed E-state index contributed by atoms with van der Waals surface area (Å²) in [4.78, 5) is 0. The van der Waals surface area contributed by atoms with E-state index in [4.69, 9.17) is 0 Å². The Morgan fingerprint density at radius 2 is 0.909 bits per heavy atom. The number of nitrogens with one attached hydrogen (secondary N) is 2. The monoisotopic (exact) mass is 616 g/mol. The topological polar surface area (TPSA) is 145 Å². The molecule has 8 nitrogen and oxygen atoms in total. The van der Waals surface area contributed by atoms with Crippen molar-refractivity contribution >= 4 is 0 Å². The number of phenols is 2. The predicted molar refractivity (Wildman–Crippen MR) is 177 cm³/mol. The molecule has 0 aliphatic carbocycles. The Morgan fingerprint density at radius 3 is 1.27 bits per heavy atom. The van der Waals surface area contributed by atoms with Crippen LogP contribution < -0.4 is 10.6 Å². The number of rotatable bonds is 26. The third-order valence-electron chi connectivity index (χ3n) is 8.53. The molecule has 0 saturated heterocycles. The van der Waals surface area contributed by atoms with Gasteiger partial charge in [-0.3, -0.25) is 10.6 Å². The predicted octanol–water partition coefficient (Wildman–Crippen LogP) is 6.62. The minimum absolute atomic E-state index is 0.00306. The molecule has 0 bridgehead atoms. The van der Waals surface area contributed by atoms with E-state index in [1.807, 2.05) is 0 Å². The number of hydrogen-bond donors (Lipinski definition) is 8. The van der Waals surface area contributed by atoms with Gasteiger partial charge in [0.25, 0.3) is 0 Å². The lowest BCUT2D eigenvalue weighted by Gasteiger charge is -2.24. The first-order valence-corrected chi connectivity index (χ1v) is 17.1. The maximum Gasteiger partial charge on any atom is 0.121 e. The van der Waals surface area contributed by atoms with Gasteiger partial charge in [-0.1, -0.05) is 115 Å². The van der Waals surface area contributed by atoms with Gasteiger partial charge in [0.05, 0.1) is 31.6 Å². The van der Waals surface area contributed by atoms with Crippen LogP contribution in [0.5, 0.6) is 11.5 Å². The van der Waals surface area contributed by atoms with Crippen molar-refractivity contribution in [3.63, 3.8) is 0 Å². The molecule has 8 N–H and O–H groups in total. The van der Waals surface area contributed by atoms with Crippen LogP contribution >= 0.6 is 0 Å². The molecule has 2 atom stereocenters. The molecule has 0 amide bonds. The van der Waals surface area contributed by atoms with Crippen LogP contribution in [0.4, 0.5) is 0 Å². The van der Waals surface area contributed by atoms with Crippen LogP contribution in [0.3, 0.4) is 0 Å². The summed E-state index contributed by atoms with van der Waals surface area (Å²) in [5.74, 6) is -0.00613. The van der Waals surface area contributed by atoms with E-state index in [0.717, 1.165) is 19.3 Å². The van der Waals surface area contributed by atoms with Crippen molar-refractivity contribution in [2.45, 2.75) is 141 Å². The Hall–Kier alpha value is -2.20. The minimum atomic E-state index is -0.833. The molecular weight excluding hydrogens is 556 g/mol. The fourth-order valence-corrected chi connectivity index (χ4v) is 5.62. The maximum absolute atomic E-state index is 10.8. The molecule has 2 rings (SSSR count). The van der Waals surface area contributed by atoms with Gasteiger partial charge in [-0.15, -0.1) is 0 Å². The number of aliphatic hydroxyl groups excluding tert-OH is 4. The van der Waals surface area contributed by atoms with Gasteiger partial charge in [-0.05, 0) is 41.8 Å². The third kappa shape index (κ3) is 15.2. The standard InChI is InChI=1S/C36H60N2O6/c1-2-3-4-5-6-7-8-9-10-11-12-13-14-15-16-17-36(37-24-34(43)28-18-20-32(41)30(22-28)26-39)38-25-35(44)29-19-21-33(42)31(23-29)27-40/h18-23,34-44H,2-17,24-27H2,1H3. The molecule has 0 aliphatic rings. The fraction of sp³-hybridized carbons (Fsp3) is 0.667. The van der Waals surface area contributed by atoms with Crippen LogP contribution in [-0.4, -0.2) is 49.9 Å². The zero-order valence-electron chi connectivity index (χ0n) is 27.0. The van der Waals surface area contributed by atoms with Gasteiger partial charge in [0.1, 0.15) is 11.5 Å². The molecule has 8 heteroatoms. The molecule has 2 aromatic rings. The van der Waals surface area contributed by atoms with Crippen LogP contribution in [0.1, 0.15) is 144 Å². The van der Waals surface area contributed by atoms with Crippen LogP contribution in [0, 0.1) is 0 Å². The van der Waals surface area contributed by atoms with Gasteiger partial charge < -0.3 is 30.6 Å². The molecule has 2 unspecified atom stereocenters. The number of hydrogen-bond acceptors (Lipinski definition) is 8. The molecule has 0 radical (unpaired) electrons. The highest BCUT2D eigenvalue weighted by molar-refractivity contribution is 5.37. The normalized spacial score (nSPS) is 13.7. The Balaban J connectivity index is 1.75. The molecule has 250 valence electrons. The molecule has 0 fully saturated rings. The highest BCUT2D eigenvalue weighted by Gasteiger charge is 2.16. The lowest BCUT2D eigenvalue weighted by Crippen LogP contribution is -2.45. The van der Waals surface area contributed by atoms with Crippen molar-refractivity contribution < 1.29 is 30.6 Å². The molecule has 0 spiro atoms. The molecular formula is C36H60N2O6. The van der Waals surface area contributed by atoms with Crippen molar-refractivity contribution in [2.75, 3.05) is 13.1 Å². The molecule has 0 aliphatic heterocycles. The molecule has 0 saturated carbocycles. The van der Waals surface area contributed by atoms with E-state index in [0.29, 0.717) is 22.3 Å². The number of aliphatic hydroxyl groups is 4. The Kier molecular flexibility index (Phi) is 20.0. The van der Waals surface area contributed by atoms with E-state index >= 15 is 0 Å². The average molecular weight is 617 g/mol. The van der Waals surface area contributed by atoms with E-state index in [-0.39, 0.29) is 44.0 Å². The van der Waals surface area contributed by atoms with E-state index in [1.165, 1.54) is 95.6 Å². The Bertz CT molecular complexity index is 957. The second-order valence-electron chi connectivity index (χ2n) is 12.2. The fourth-order valence-electron chi connectivity index (χ4n) is 5.62. The summed E-state index contributed by atoms with van der Waals surface area (Å²) in [6.45, 7) is 2.17. The largest absolute Gasteiger partial charge is 0.508 e. The first-order valence-electron chi connectivity index (χ1n) is 17.1. The molecule has 44 heavy (non-hydrogen) atoms. The van der Waals surface area contributed by atoms with Crippen molar-refractivity contribution in [2.24, 2.45) is 0 Å². The van der Waals surface area contributed by atoms with E-state index < -0.39 is 12.2 Å². The SMILES string of the molecule is CCCCCCCCCCCCCCCCCC(NCC(O)c1ccc(O)c(CO)c1)NCC(O)c1ccc(O)c(CO)c1. The highest BCUT2D eigenvalue weighted by atomic mass is 16.3. The second kappa shape index (κ2) is 23.2. The summed E-state index contributed by atoms with van der Waals surface area (Å²) >= 11 is 0. The Labute approximate surface area is 265 Å². The first-order chi connectivity index (χ1) is 21.4. The van der Waals surface area contributed by atoms with E-state index in [9.17, 15) is 30.6 Å². The summed E-state index contributed by atoms with van der Waals surface area (Å²) < 4.78 is 0. The quantitative estimate of drug-likeness (QED) is 0.0435. The molecule has 0 aromatic heterocycles. The van der Waals surface area contributed by atoms with Crippen molar-refractivity contribution in [1.29, 1.82) is 0 Å². The number of unbranched alkanes of at least 4 members (excludes halogenated alkanes) is 14. The van der Waals surface area contributed by atoms with Crippen LogP contribution in [0.2, 0.25) is 0 Å². The van der Waals surface area contributed by atoms with Crippen LogP contribution in [0.25, 0.3) is 0 Å². The zero-order valence-corrected chi connectivity index (χ0v) is 27.0. The smallest absolute Gasteiger partial charge is 0.121 e. The number of aromatic hydroxyl groups is 2. The third-order valence-corrected chi connectivity index (χ3v) is 8.53. The molecule has 2 aromatic carbocycles. The first kappa shape index (κ1) is 38.0. The summed E-state index contributed by atoms with van der Waals surface area (Å²) in [6, 6.07) is 9.45. The van der Waals surface area contributed by atoms with Crippen LogP contribution in [-0.2, 0) is 13.2 Å². The van der Waals surface area contributed by atoms with Crippen molar-refractivity contribution in [1.82, 2.24) is 10.6 Å². The Morgan fingerprint density at radius 1 is 0.545 bits per heavy atom. The lowest BCUT2D eigenvalue weighted by atomic mass is 10.0. The highest BCUT2D eigenvalue weighted by Crippen LogP contribution is 2.24. The van der Waals surface area contributed by atoms with E-state index in [1.54, 1.807) is 24.3 Å². The number of benzene rings is 2. The van der Waals surface area contributed by atoms with Gasteiger partial charge in [-0.2, -0.15) is 0 Å². The maximum atomic E-state index is 10.8. The van der Waals surface area contributed by atoms with Gasteiger partial charge >= 0.3 is 0 Å².